The van der Waals surface area contributed by atoms with Crippen molar-refractivity contribution in [1.82, 2.24) is 0 Å². The molecule has 0 spiro atoms. The fraction of sp³-hybridized carbons (Fsp3) is 0.412. The topological polar surface area (TPSA) is 35.5 Å². The van der Waals surface area contributed by atoms with E-state index < -0.39 is 10.8 Å². The molecule has 23 heavy (non-hydrogen) atoms. The highest BCUT2D eigenvalue weighted by Gasteiger charge is 1.99. The Kier molecular flexibility index (Phi) is 11.0. The first-order valence-corrected chi connectivity index (χ1v) is 11.2. The summed E-state index contributed by atoms with van der Waals surface area (Å²) in [6, 6.07) is 7.79. The molecule has 128 valence electrons. The highest BCUT2D eigenvalue weighted by molar-refractivity contribution is 8.77. The van der Waals surface area contributed by atoms with Gasteiger partial charge < -0.3 is 9.47 Å². The second-order valence-electron chi connectivity index (χ2n) is 4.72. The molecule has 0 radical (unpaired) electrons. The summed E-state index contributed by atoms with van der Waals surface area (Å²) in [5.41, 5.74) is 1.09. The maximum atomic E-state index is 11.4. The van der Waals surface area contributed by atoms with E-state index in [4.69, 9.17) is 9.47 Å². The minimum absolute atomic E-state index is 0.514. The first-order chi connectivity index (χ1) is 11.2. The molecule has 0 bridgehead atoms. The average molecular weight is 373 g/mol. The van der Waals surface area contributed by atoms with Crippen LogP contribution in [0.4, 0.5) is 0 Å². The van der Waals surface area contributed by atoms with E-state index in [1.165, 1.54) is 0 Å². The molecule has 3 nitrogen and oxygen atoms in total. The zero-order valence-electron chi connectivity index (χ0n) is 13.7. The minimum Gasteiger partial charge on any atom is -0.497 e. The lowest BCUT2D eigenvalue weighted by molar-refractivity contribution is 0.204. The Balaban J connectivity index is 2.12. The Morgan fingerprint density at radius 1 is 1.35 bits per heavy atom. The summed E-state index contributed by atoms with van der Waals surface area (Å²) in [6.07, 6.45) is 2.93. The highest BCUT2D eigenvalue weighted by atomic mass is 33.1. The number of rotatable bonds is 12. The van der Waals surface area contributed by atoms with Gasteiger partial charge in [0.2, 0.25) is 0 Å². The maximum absolute atomic E-state index is 11.4. The third-order valence-electron chi connectivity index (χ3n) is 2.76. The monoisotopic (exact) mass is 372 g/mol. The first kappa shape index (κ1) is 20.2. The lowest BCUT2D eigenvalue weighted by Gasteiger charge is -2.08. The van der Waals surface area contributed by atoms with Gasteiger partial charge in [-0.1, -0.05) is 53.3 Å². The molecule has 1 aromatic carbocycles. The quantitative estimate of drug-likeness (QED) is 0.300. The molecule has 0 saturated carbocycles. The van der Waals surface area contributed by atoms with Crippen LogP contribution in [0.5, 0.6) is 5.75 Å². The molecule has 0 N–H and O–H groups in total. The Bertz CT molecular complexity index is 512. The van der Waals surface area contributed by atoms with Gasteiger partial charge in [-0.15, -0.1) is 0 Å². The van der Waals surface area contributed by atoms with Gasteiger partial charge in [-0.05, 0) is 29.5 Å². The van der Waals surface area contributed by atoms with Crippen molar-refractivity contribution in [3.05, 3.63) is 53.7 Å². The molecule has 1 rings (SSSR count). The van der Waals surface area contributed by atoms with Crippen LogP contribution in [-0.2, 0) is 22.1 Å². The molecule has 0 saturated heterocycles. The van der Waals surface area contributed by atoms with E-state index in [2.05, 4.69) is 6.58 Å². The van der Waals surface area contributed by atoms with Gasteiger partial charge in [-0.2, -0.15) is 0 Å². The minimum atomic E-state index is -0.722. The van der Waals surface area contributed by atoms with Crippen LogP contribution >= 0.6 is 21.6 Å². The van der Waals surface area contributed by atoms with Crippen LogP contribution in [0.1, 0.15) is 18.9 Å². The number of benzene rings is 1. The largest absolute Gasteiger partial charge is 0.497 e. The number of methoxy groups -OCH3 is 1. The van der Waals surface area contributed by atoms with Gasteiger partial charge in [0.25, 0.3) is 0 Å². The smallest absolute Gasteiger partial charge is 0.118 e. The van der Waals surface area contributed by atoms with Crippen LogP contribution in [0.15, 0.2) is 48.1 Å². The van der Waals surface area contributed by atoms with Crippen LogP contribution in [0, 0.1) is 0 Å². The van der Waals surface area contributed by atoms with Crippen molar-refractivity contribution in [2.75, 3.05) is 24.4 Å². The molecule has 0 aliphatic rings. The molecule has 0 fully saturated rings. The van der Waals surface area contributed by atoms with Crippen molar-refractivity contribution in [1.29, 1.82) is 0 Å². The van der Waals surface area contributed by atoms with E-state index in [-0.39, 0.29) is 0 Å². The molecule has 0 heterocycles. The van der Waals surface area contributed by atoms with Crippen LogP contribution in [0.2, 0.25) is 0 Å². The fourth-order valence-corrected chi connectivity index (χ4v) is 4.25. The van der Waals surface area contributed by atoms with Crippen LogP contribution in [-0.4, -0.2) is 28.6 Å². The molecule has 1 atom stereocenters. The molecule has 6 heteroatoms. The van der Waals surface area contributed by atoms with Crippen molar-refractivity contribution >= 4 is 32.4 Å². The van der Waals surface area contributed by atoms with E-state index in [1.54, 1.807) is 28.7 Å². The van der Waals surface area contributed by atoms with E-state index in [0.29, 0.717) is 12.4 Å². The second kappa shape index (κ2) is 12.6. The maximum Gasteiger partial charge on any atom is 0.118 e. The normalized spacial score (nSPS) is 12.3. The van der Waals surface area contributed by atoms with Gasteiger partial charge in [0.15, 0.2) is 0 Å². The Hall–Kier alpha value is -0.850. The predicted octanol–water partition coefficient (Wildman–Crippen LogP) is 4.78. The average Bonchev–Trinajstić information content (AvgIpc) is 2.56. The molecule has 0 aromatic heterocycles. The second-order valence-corrected chi connectivity index (χ2v) is 8.61. The highest BCUT2D eigenvalue weighted by Crippen LogP contribution is 2.25. The molecule has 0 aliphatic heterocycles. The van der Waals surface area contributed by atoms with E-state index in [9.17, 15) is 4.21 Å². The lowest BCUT2D eigenvalue weighted by atomic mass is 10.2. The Morgan fingerprint density at radius 3 is 2.74 bits per heavy atom. The SMILES string of the molecule is C=C(CSSC=CCS(=O)CCC)OCc1ccc(OC)cc1. The Labute approximate surface area is 149 Å². The number of hydrogen-bond acceptors (Lipinski definition) is 5. The summed E-state index contributed by atoms with van der Waals surface area (Å²) in [5, 5.41) is 1.98. The summed E-state index contributed by atoms with van der Waals surface area (Å²) in [5.74, 6) is 3.73. The van der Waals surface area contributed by atoms with Crippen LogP contribution in [0.25, 0.3) is 0 Å². The van der Waals surface area contributed by atoms with E-state index in [0.717, 1.165) is 35.0 Å². The summed E-state index contributed by atoms with van der Waals surface area (Å²) in [6.45, 7) is 6.48. The van der Waals surface area contributed by atoms with Gasteiger partial charge in [0.05, 0.1) is 12.9 Å². The molecular formula is C17H24O3S3. The van der Waals surface area contributed by atoms with Gasteiger partial charge in [0.1, 0.15) is 18.1 Å². The molecule has 0 aliphatic carbocycles. The first-order valence-electron chi connectivity index (χ1n) is 7.37. The van der Waals surface area contributed by atoms with Crippen molar-refractivity contribution in [2.24, 2.45) is 0 Å². The molecule has 1 aromatic rings. The lowest BCUT2D eigenvalue weighted by Crippen LogP contribution is -1.98. The summed E-state index contributed by atoms with van der Waals surface area (Å²) < 4.78 is 22.2. The van der Waals surface area contributed by atoms with Crippen molar-refractivity contribution in [3.63, 3.8) is 0 Å². The molecule has 1 unspecified atom stereocenters. The van der Waals surface area contributed by atoms with E-state index in [1.807, 2.05) is 42.7 Å². The predicted molar refractivity (Wildman–Crippen MR) is 104 cm³/mol. The molecular weight excluding hydrogens is 348 g/mol. The number of hydrogen-bond donors (Lipinski definition) is 0. The fourth-order valence-electron chi connectivity index (χ4n) is 1.58. The van der Waals surface area contributed by atoms with Gasteiger partial charge in [-0.25, -0.2) is 0 Å². The van der Waals surface area contributed by atoms with Crippen molar-refractivity contribution < 1.29 is 13.7 Å². The van der Waals surface area contributed by atoms with Crippen LogP contribution < -0.4 is 4.74 Å². The summed E-state index contributed by atoms with van der Waals surface area (Å²) in [4.78, 5) is 0. The number of ether oxygens (including phenoxy) is 2. The Morgan fingerprint density at radius 2 is 2.09 bits per heavy atom. The van der Waals surface area contributed by atoms with Gasteiger partial charge in [-0.3, -0.25) is 4.21 Å². The van der Waals surface area contributed by atoms with Gasteiger partial charge >= 0.3 is 0 Å². The van der Waals surface area contributed by atoms with Crippen molar-refractivity contribution in [2.45, 2.75) is 20.0 Å². The van der Waals surface area contributed by atoms with Crippen LogP contribution in [0.3, 0.4) is 0 Å². The zero-order chi connectivity index (χ0) is 16.9. The zero-order valence-corrected chi connectivity index (χ0v) is 16.1. The van der Waals surface area contributed by atoms with E-state index >= 15 is 0 Å². The summed E-state index contributed by atoms with van der Waals surface area (Å²) >= 11 is 0. The van der Waals surface area contributed by atoms with Crippen molar-refractivity contribution in [3.8, 4) is 5.75 Å². The van der Waals surface area contributed by atoms with Gasteiger partial charge in [0, 0.05) is 22.3 Å². The third kappa shape index (κ3) is 9.79. The standard InChI is InChI=1S/C17H24O3S3/c1-4-11-23(18)12-5-10-21-22-14-15(2)20-13-16-6-8-17(19-3)9-7-16/h5-10H,2,4,11-14H2,1,3H3. The summed E-state index contributed by atoms with van der Waals surface area (Å²) in [7, 11) is 4.20. The third-order valence-corrected chi connectivity index (χ3v) is 6.16. The molecule has 0 amide bonds.